The number of hydrogen-bond acceptors (Lipinski definition) is 3. The molecule has 1 aromatic heterocycles. The van der Waals surface area contributed by atoms with Crippen LogP contribution < -0.4 is 10.9 Å². The molecule has 0 aromatic carbocycles. The molecule has 0 radical (unpaired) electrons. The van der Waals surface area contributed by atoms with E-state index in [0.29, 0.717) is 13.2 Å². The monoisotopic (exact) mass is 236 g/mol. The van der Waals surface area contributed by atoms with Crippen molar-refractivity contribution in [1.29, 1.82) is 0 Å². The molecule has 17 heavy (non-hydrogen) atoms. The van der Waals surface area contributed by atoms with Crippen molar-refractivity contribution in [3.63, 3.8) is 0 Å². The topological polar surface area (TPSA) is 71.2 Å². The minimum absolute atomic E-state index is 0.108. The molecular formula is C12H16N2O3. The van der Waals surface area contributed by atoms with Crippen LogP contribution in [0.25, 0.3) is 0 Å². The zero-order chi connectivity index (χ0) is 12.3. The second-order valence-corrected chi connectivity index (χ2v) is 4.24. The first kappa shape index (κ1) is 11.9. The highest BCUT2D eigenvalue weighted by molar-refractivity contribution is 5.93. The molecule has 0 saturated carbocycles. The Kier molecular flexibility index (Phi) is 3.58. The van der Waals surface area contributed by atoms with Crippen LogP contribution in [0.15, 0.2) is 16.9 Å². The van der Waals surface area contributed by atoms with Gasteiger partial charge in [-0.25, -0.2) is 0 Å². The number of aromatic amines is 1. The molecule has 0 atom stereocenters. The van der Waals surface area contributed by atoms with E-state index in [1.54, 1.807) is 19.1 Å². The maximum absolute atomic E-state index is 11.9. The summed E-state index contributed by atoms with van der Waals surface area (Å²) in [5.41, 5.74) is 0.578. The number of ether oxygens (including phenoxy) is 1. The van der Waals surface area contributed by atoms with Crippen LogP contribution in [-0.2, 0) is 4.74 Å². The van der Waals surface area contributed by atoms with Crippen molar-refractivity contribution in [2.45, 2.75) is 25.8 Å². The average Bonchev–Trinajstić information content (AvgIpc) is 2.30. The molecule has 2 rings (SSSR count). The normalized spacial score (nSPS) is 16.8. The van der Waals surface area contributed by atoms with Crippen LogP contribution >= 0.6 is 0 Å². The van der Waals surface area contributed by atoms with Crippen LogP contribution in [0.1, 0.15) is 28.9 Å². The van der Waals surface area contributed by atoms with Crippen molar-refractivity contribution >= 4 is 5.91 Å². The van der Waals surface area contributed by atoms with Crippen molar-refractivity contribution in [2.24, 2.45) is 0 Å². The lowest BCUT2D eigenvalue weighted by atomic mass is 10.1. The molecule has 0 unspecified atom stereocenters. The maximum Gasteiger partial charge on any atom is 0.260 e. The van der Waals surface area contributed by atoms with Gasteiger partial charge in [-0.15, -0.1) is 0 Å². The number of carbonyl (C=O) groups excluding carboxylic acids is 1. The summed E-state index contributed by atoms with van der Waals surface area (Å²) >= 11 is 0. The van der Waals surface area contributed by atoms with Crippen LogP contribution in [0.4, 0.5) is 0 Å². The summed E-state index contributed by atoms with van der Waals surface area (Å²) in [7, 11) is 0. The predicted molar refractivity (Wildman–Crippen MR) is 63.1 cm³/mol. The van der Waals surface area contributed by atoms with Crippen LogP contribution in [0.2, 0.25) is 0 Å². The molecule has 1 aliphatic heterocycles. The fourth-order valence-electron chi connectivity index (χ4n) is 1.86. The summed E-state index contributed by atoms with van der Waals surface area (Å²) in [4.78, 5) is 26.1. The number of H-pyrrole nitrogens is 1. The van der Waals surface area contributed by atoms with Gasteiger partial charge in [0.1, 0.15) is 5.56 Å². The van der Waals surface area contributed by atoms with E-state index in [1.807, 2.05) is 0 Å². The Hall–Kier alpha value is -1.62. The Morgan fingerprint density at radius 1 is 1.41 bits per heavy atom. The molecule has 0 bridgehead atoms. The molecule has 2 N–H and O–H groups in total. The number of carbonyl (C=O) groups is 1. The van der Waals surface area contributed by atoms with E-state index in [4.69, 9.17) is 4.74 Å². The maximum atomic E-state index is 11.9. The third-order valence-corrected chi connectivity index (χ3v) is 2.86. The number of rotatable bonds is 2. The Balaban J connectivity index is 2.06. The van der Waals surface area contributed by atoms with Gasteiger partial charge in [0.2, 0.25) is 0 Å². The lowest BCUT2D eigenvalue weighted by molar-refractivity contribution is 0.0696. The number of pyridine rings is 1. The highest BCUT2D eigenvalue weighted by atomic mass is 16.5. The summed E-state index contributed by atoms with van der Waals surface area (Å²) in [5, 5.41) is 2.86. The molecule has 5 nitrogen and oxygen atoms in total. The van der Waals surface area contributed by atoms with E-state index in [0.717, 1.165) is 18.5 Å². The third-order valence-electron chi connectivity index (χ3n) is 2.86. The molecule has 2 heterocycles. The van der Waals surface area contributed by atoms with Crippen LogP contribution in [0.5, 0.6) is 0 Å². The van der Waals surface area contributed by atoms with Gasteiger partial charge in [-0.3, -0.25) is 9.59 Å². The molecular weight excluding hydrogens is 220 g/mol. The van der Waals surface area contributed by atoms with Gasteiger partial charge < -0.3 is 15.0 Å². The van der Waals surface area contributed by atoms with Crippen molar-refractivity contribution in [3.8, 4) is 0 Å². The zero-order valence-corrected chi connectivity index (χ0v) is 9.79. The van der Waals surface area contributed by atoms with Gasteiger partial charge in [-0.2, -0.15) is 0 Å². The molecule has 1 fully saturated rings. The van der Waals surface area contributed by atoms with E-state index in [9.17, 15) is 9.59 Å². The average molecular weight is 236 g/mol. The van der Waals surface area contributed by atoms with Gasteiger partial charge in [0.05, 0.1) is 0 Å². The minimum Gasteiger partial charge on any atom is -0.381 e. The predicted octanol–water partition coefficient (Wildman–Crippen LogP) is 0.592. The Labute approximate surface area is 99.2 Å². The van der Waals surface area contributed by atoms with Crippen molar-refractivity contribution in [2.75, 3.05) is 13.2 Å². The number of aryl methyl sites for hydroxylation is 1. The van der Waals surface area contributed by atoms with Gasteiger partial charge in [0.15, 0.2) is 0 Å². The van der Waals surface area contributed by atoms with Crippen LogP contribution in [-0.4, -0.2) is 30.1 Å². The summed E-state index contributed by atoms with van der Waals surface area (Å²) in [6, 6.07) is 3.39. The van der Waals surface area contributed by atoms with Crippen LogP contribution in [0, 0.1) is 6.92 Å². The first-order valence-corrected chi connectivity index (χ1v) is 5.75. The number of aromatic nitrogens is 1. The van der Waals surface area contributed by atoms with Gasteiger partial charge in [0.25, 0.3) is 11.5 Å². The second kappa shape index (κ2) is 5.14. The Morgan fingerprint density at radius 2 is 2.12 bits per heavy atom. The molecule has 0 aliphatic carbocycles. The molecule has 5 heteroatoms. The molecule has 0 spiro atoms. The van der Waals surface area contributed by atoms with Gasteiger partial charge >= 0.3 is 0 Å². The van der Waals surface area contributed by atoms with Gasteiger partial charge in [0, 0.05) is 24.9 Å². The fourth-order valence-corrected chi connectivity index (χ4v) is 1.86. The van der Waals surface area contributed by atoms with Crippen molar-refractivity contribution < 1.29 is 9.53 Å². The number of nitrogens with one attached hydrogen (secondary N) is 2. The molecule has 92 valence electrons. The highest BCUT2D eigenvalue weighted by Crippen LogP contribution is 2.06. The Morgan fingerprint density at radius 3 is 2.76 bits per heavy atom. The van der Waals surface area contributed by atoms with E-state index >= 15 is 0 Å². The highest BCUT2D eigenvalue weighted by Gasteiger charge is 2.18. The van der Waals surface area contributed by atoms with E-state index in [1.165, 1.54) is 0 Å². The lowest BCUT2D eigenvalue weighted by Crippen LogP contribution is -2.40. The summed E-state index contributed by atoms with van der Waals surface area (Å²) < 4.78 is 5.21. The number of amides is 1. The zero-order valence-electron chi connectivity index (χ0n) is 9.79. The lowest BCUT2D eigenvalue weighted by Gasteiger charge is -2.22. The standard InChI is InChI=1S/C12H16N2O3/c1-8-2-3-10(11(15)13-8)12(16)14-9-4-6-17-7-5-9/h2-3,9H,4-7H2,1H3,(H,13,15)(H,14,16). The molecule has 1 amide bonds. The number of hydrogen-bond donors (Lipinski definition) is 2. The second-order valence-electron chi connectivity index (χ2n) is 4.24. The molecule has 1 saturated heterocycles. The van der Waals surface area contributed by atoms with Crippen molar-refractivity contribution in [3.05, 3.63) is 33.7 Å². The van der Waals surface area contributed by atoms with E-state index in [2.05, 4.69) is 10.3 Å². The summed E-state index contributed by atoms with van der Waals surface area (Å²) in [5.74, 6) is -0.307. The van der Waals surface area contributed by atoms with Gasteiger partial charge in [-0.05, 0) is 31.9 Å². The smallest absolute Gasteiger partial charge is 0.260 e. The largest absolute Gasteiger partial charge is 0.381 e. The SMILES string of the molecule is Cc1ccc(C(=O)NC2CCOCC2)c(=O)[nH]1. The quantitative estimate of drug-likeness (QED) is 0.789. The van der Waals surface area contributed by atoms with Crippen LogP contribution in [0.3, 0.4) is 0 Å². The summed E-state index contributed by atoms with van der Waals surface area (Å²) in [6.07, 6.45) is 1.60. The fraction of sp³-hybridized carbons (Fsp3) is 0.500. The van der Waals surface area contributed by atoms with E-state index < -0.39 is 0 Å². The van der Waals surface area contributed by atoms with Crippen molar-refractivity contribution in [1.82, 2.24) is 10.3 Å². The van der Waals surface area contributed by atoms with Gasteiger partial charge in [-0.1, -0.05) is 0 Å². The summed E-state index contributed by atoms with van der Waals surface area (Å²) in [6.45, 7) is 3.10. The Bertz CT molecular complexity index is 461. The molecule has 1 aromatic rings. The first-order chi connectivity index (χ1) is 8.16. The first-order valence-electron chi connectivity index (χ1n) is 5.75. The minimum atomic E-state index is -0.338. The van der Waals surface area contributed by atoms with E-state index in [-0.39, 0.29) is 23.1 Å². The third kappa shape index (κ3) is 2.94. The molecule has 1 aliphatic rings.